The van der Waals surface area contributed by atoms with Gasteiger partial charge < -0.3 is 15.0 Å². The Labute approximate surface area is 160 Å². The highest BCUT2D eigenvalue weighted by Gasteiger charge is 2.29. The molecule has 27 heavy (non-hydrogen) atoms. The predicted molar refractivity (Wildman–Crippen MR) is 105 cm³/mol. The van der Waals surface area contributed by atoms with Gasteiger partial charge in [0, 0.05) is 25.4 Å². The number of hydrogen-bond donors (Lipinski definition) is 1. The quantitative estimate of drug-likeness (QED) is 0.845. The number of likely N-dealkylation sites (tertiary alicyclic amines) is 1. The predicted octanol–water partition coefficient (Wildman–Crippen LogP) is 3.85. The van der Waals surface area contributed by atoms with Crippen LogP contribution in [0.25, 0.3) is 0 Å². The standard InChI is InChI=1S/C22H26N2O3/c1-27-20-13-6-5-12-19(20)23-21(25)15-18-11-7-8-14-24(22(18)26)16-17-9-3-2-4-10-17/h2-6,9-10,12-13,18H,7-8,11,14-16H2,1H3,(H,23,25). The zero-order chi connectivity index (χ0) is 19.1. The van der Waals surface area contributed by atoms with E-state index in [4.69, 9.17) is 4.74 Å². The van der Waals surface area contributed by atoms with Crippen LogP contribution in [-0.4, -0.2) is 30.4 Å². The third-order valence-electron chi connectivity index (χ3n) is 4.92. The van der Waals surface area contributed by atoms with E-state index in [1.807, 2.05) is 47.4 Å². The second-order valence-corrected chi connectivity index (χ2v) is 6.89. The maximum Gasteiger partial charge on any atom is 0.226 e. The van der Waals surface area contributed by atoms with Gasteiger partial charge in [0.15, 0.2) is 0 Å². The number of methoxy groups -OCH3 is 1. The van der Waals surface area contributed by atoms with Gasteiger partial charge >= 0.3 is 0 Å². The number of anilines is 1. The van der Waals surface area contributed by atoms with Gasteiger partial charge in [-0.15, -0.1) is 0 Å². The Kier molecular flexibility index (Phi) is 6.47. The normalized spacial score (nSPS) is 17.3. The lowest BCUT2D eigenvalue weighted by molar-refractivity contribution is -0.137. The van der Waals surface area contributed by atoms with Crippen LogP contribution in [0, 0.1) is 5.92 Å². The van der Waals surface area contributed by atoms with E-state index in [0.29, 0.717) is 18.0 Å². The third-order valence-corrected chi connectivity index (χ3v) is 4.92. The summed E-state index contributed by atoms with van der Waals surface area (Å²) in [6.07, 6.45) is 2.89. The first-order valence-corrected chi connectivity index (χ1v) is 9.43. The lowest BCUT2D eigenvalue weighted by Crippen LogP contribution is -2.36. The molecule has 0 spiro atoms. The molecule has 1 aliphatic heterocycles. The van der Waals surface area contributed by atoms with E-state index in [1.54, 1.807) is 19.2 Å². The zero-order valence-electron chi connectivity index (χ0n) is 15.7. The van der Waals surface area contributed by atoms with Gasteiger partial charge in [-0.2, -0.15) is 0 Å². The number of para-hydroxylation sites is 2. The Bertz CT molecular complexity index is 776. The second kappa shape index (κ2) is 9.21. The van der Waals surface area contributed by atoms with Crippen molar-refractivity contribution in [1.29, 1.82) is 0 Å². The van der Waals surface area contributed by atoms with Crippen LogP contribution in [0.3, 0.4) is 0 Å². The fourth-order valence-corrected chi connectivity index (χ4v) is 3.51. The number of amides is 2. The summed E-state index contributed by atoms with van der Waals surface area (Å²) in [7, 11) is 1.57. The SMILES string of the molecule is COc1ccccc1NC(=O)CC1CCCCN(Cc2ccccc2)C1=O. The van der Waals surface area contributed by atoms with Crippen LogP contribution in [0.1, 0.15) is 31.2 Å². The minimum absolute atomic E-state index is 0.0755. The first-order chi connectivity index (χ1) is 13.2. The van der Waals surface area contributed by atoms with Gasteiger partial charge in [-0.25, -0.2) is 0 Å². The molecular weight excluding hydrogens is 340 g/mol. The minimum atomic E-state index is -0.272. The number of carbonyl (C=O) groups is 2. The molecule has 5 nitrogen and oxygen atoms in total. The smallest absolute Gasteiger partial charge is 0.226 e. The number of ether oxygens (including phenoxy) is 1. The first kappa shape index (κ1) is 19.0. The molecule has 142 valence electrons. The van der Waals surface area contributed by atoms with Crippen LogP contribution in [0.5, 0.6) is 5.75 Å². The molecule has 1 unspecified atom stereocenters. The molecule has 0 bridgehead atoms. The van der Waals surface area contributed by atoms with Crippen molar-refractivity contribution in [2.45, 2.75) is 32.2 Å². The molecule has 2 aromatic rings. The van der Waals surface area contributed by atoms with E-state index in [2.05, 4.69) is 5.32 Å². The molecule has 1 N–H and O–H groups in total. The number of rotatable bonds is 6. The number of nitrogens with zero attached hydrogens (tertiary/aromatic N) is 1. The Hall–Kier alpha value is -2.82. The molecule has 1 heterocycles. The van der Waals surface area contributed by atoms with E-state index in [-0.39, 0.29) is 24.2 Å². The second-order valence-electron chi connectivity index (χ2n) is 6.89. The fraction of sp³-hybridized carbons (Fsp3) is 0.364. The first-order valence-electron chi connectivity index (χ1n) is 9.43. The maximum atomic E-state index is 13.0. The van der Waals surface area contributed by atoms with Crippen LogP contribution >= 0.6 is 0 Å². The largest absolute Gasteiger partial charge is 0.495 e. The van der Waals surface area contributed by atoms with Crippen molar-refractivity contribution < 1.29 is 14.3 Å². The zero-order valence-corrected chi connectivity index (χ0v) is 15.7. The van der Waals surface area contributed by atoms with Crippen LogP contribution in [0.15, 0.2) is 54.6 Å². The summed E-state index contributed by atoms with van der Waals surface area (Å²) in [5.41, 5.74) is 1.75. The van der Waals surface area contributed by atoms with Crippen molar-refractivity contribution in [1.82, 2.24) is 4.90 Å². The molecule has 0 saturated carbocycles. The van der Waals surface area contributed by atoms with Gasteiger partial charge in [-0.1, -0.05) is 48.9 Å². The summed E-state index contributed by atoms with van der Waals surface area (Å²) in [6, 6.07) is 17.3. The highest BCUT2D eigenvalue weighted by atomic mass is 16.5. The number of benzene rings is 2. The number of hydrogen-bond acceptors (Lipinski definition) is 3. The molecule has 3 rings (SSSR count). The Morgan fingerprint density at radius 2 is 1.85 bits per heavy atom. The van der Waals surface area contributed by atoms with Crippen LogP contribution in [0.4, 0.5) is 5.69 Å². The average Bonchev–Trinajstić information content (AvgIpc) is 2.85. The minimum Gasteiger partial charge on any atom is -0.495 e. The van der Waals surface area contributed by atoms with Crippen LogP contribution < -0.4 is 10.1 Å². The molecule has 2 amide bonds. The number of nitrogens with one attached hydrogen (secondary N) is 1. The number of carbonyl (C=O) groups excluding carboxylic acids is 2. The van der Waals surface area contributed by atoms with E-state index < -0.39 is 0 Å². The van der Waals surface area contributed by atoms with E-state index >= 15 is 0 Å². The molecular formula is C22H26N2O3. The Morgan fingerprint density at radius 3 is 2.63 bits per heavy atom. The van der Waals surface area contributed by atoms with Gasteiger partial charge in [-0.05, 0) is 30.5 Å². The van der Waals surface area contributed by atoms with Crippen molar-refractivity contribution in [3.8, 4) is 5.75 Å². The van der Waals surface area contributed by atoms with Crippen molar-refractivity contribution in [3.63, 3.8) is 0 Å². The molecule has 1 atom stereocenters. The molecule has 0 radical (unpaired) electrons. The fourth-order valence-electron chi connectivity index (χ4n) is 3.51. The lowest BCUT2D eigenvalue weighted by atomic mass is 9.98. The molecule has 0 aromatic heterocycles. The van der Waals surface area contributed by atoms with Gasteiger partial charge in [0.05, 0.1) is 12.8 Å². The molecule has 2 aromatic carbocycles. The van der Waals surface area contributed by atoms with Crippen LogP contribution in [0.2, 0.25) is 0 Å². The third kappa shape index (κ3) is 5.09. The summed E-state index contributed by atoms with van der Waals surface area (Å²) < 4.78 is 5.27. The average molecular weight is 366 g/mol. The van der Waals surface area contributed by atoms with Gasteiger partial charge in [-0.3, -0.25) is 9.59 Å². The summed E-state index contributed by atoms with van der Waals surface area (Å²) in [6.45, 7) is 1.35. The van der Waals surface area contributed by atoms with Crippen molar-refractivity contribution in [2.24, 2.45) is 5.92 Å². The summed E-state index contributed by atoms with van der Waals surface area (Å²) >= 11 is 0. The highest BCUT2D eigenvalue weighted by molar-refractivity contribution is 5.95. The van der Waals surface area contributed by atoms with Crippen molar-refractivity contribution >= 4 is 17.5 Å². The summed E-state index contributed by atoms with van der Waals surface area (Å²) in [5.74, 6) is 0.264. The Balaban J connectivity index is 1.64. The summed E-state index contributed by atoms with van der Waals surface area (Å²) in [5, 5.41) is 2.88. The highest BCUT2D eigenvalue weighted by Crippen LogP contribution is 2.26. The summed E-state index contributed by atoms with van der Waals surface area (Å²) in [4.78, 5) is 27.4. The molecule has 1 fully saturated rings. The van der Waals surface area contributed by atoms with Gasteiger partial charge in [0.25, 0.3) is 0 Å². The molecule has 1 aliphatic rings. The van der Waals surface area contributed by atoms with E-state index in [9.17, 15) is 9.59 Å². The van der Waals surface area contributed by atoms with E-state index in [1.165, 1.54) is 0 Å². The lowest BCUT2D eigenvalue weighted by Gasteiger charge is -2.24. The monoisotopic (exact) mass is 366 g/mol. The van der Waals surface area contributed by atoms with Crippen molar-refractivity contribution in [2.75, 3.05) is 19.0 Å². The van der Waals surface area contributed by atoms with Crippen molar-refractivity contribution in [3.05, 3.63) is 60.2 Å². The molecule has 0 aliphatic carbocycles. The van der Waals surface area contributed by atoms with Gasteiger partial charge in [0.1, 0.15) is 5.75 Å². The maximum absolute atomic E-state index is 13.0. The molecule has 5 heteroatoms. The molecule has 1 saturated heterocycles. The topological polar surface area (TPSA) is 58.6 Å². The van der Waals surface area contributed by atoms with E-state index in [0.717, 1.165) is 31.4 Å². The van der Waals surface area contributed by atoms with Gasteiger partial charge in [0.2, 0.25) is 11.8 Å². The Morgan fingerprint density at radius 1 is 1.11 bits per heavy atom. The van der Waals surface area contributed by atoms with Crippen LogP contribution in [-0.2, 0) is 16.1 Å².